The highest BCUT2D eigenvalue weighted by atomic mass is 35.5. The Morgan fingerprint density at radius 3 is 2.33 bits per heavy atom. The van der Waals surface area contributed by atoms with E-state index in [2.05, 4.69) is 5.32 Å². The van der Waals surface area contributed by atoms with Crippen LogP contribution in [0.1, 0.15) is 15.2 Å². The first-order valence-corrected chi connectivity index (χ1v) is 12.6. The maximum absolute atomic E-state index is 13.2. The van der Waals surface area contributed by atoms with Crippen molar-refractivity contribution in [3.05, 3.63) is 93.3 Å². The number of amides is 1. The van der Waals surface area contributed by atoms with E-state index in [0.717, 1.165) is 39.1 Å². The summed E-state index contributed by atoms with van der Waals surface area (Å²) in [5.74, 6) is 0.387. The second-order valence-electron chi connectivity index (χ2n) is 8.25. The zero-order valence-corrected chi connectivity index (χ0v) is 21.8. The summed E-state index contributed by atoms with van der Waals surface area (Å²) in [5, 5.41) is 4.39. The van der Waals surface area contributed by atoms with Gasteiger partial charge in [0.15, 0.2) is 0 Å². The number of nitrogen functional groups attached to an aromatic ring is 1. The predicted octanol–water partition coefficient (Wildman–Crippen LogP) is 8.09. The number of carbonyl (C=O) groups is 1. The van der Waals surface area contributed by atoms with Crippen molar-refractivity contribution in [2.75, 3.05) is 18.2 Å². The fraction of sp³-hybridized carbons (Fsp3) is 0.0714. The van der Waals surface area contributed by atoms with Gasteiger partial charge in [-0.2, -0.15) is 0 Å². The zero-order valence-electron chi connectivity index (χ0n) is 19.4. The van der Waals surface area contributed by atoms with Crippen LogP contribution >= 0.6 is 34.5 Å². The number of thiophene rings is 1. The molecule has 0 saturated heterocycles. The van der Waals surface area contributed by atoms with E-state index in [1.165, 1.54) is 11.3 Å². The van der Waals surface area contributed by atoms with Gasteiger partial charge in [0.1, 0.15) is 15.5 Å². The second kappa shape index (κ2) is 9.82. The summed E-state index contributed by atoms with van der Waals surface area (Å²) < 4.78 is 5.32. The largest absolute Gasteiger partial charge is 0.497 e. The van der Waals surface area contributed by atoms with Gasteiger partial charge in [-0.25, -0.2) is 4.98 Å². The molecule has 0 fully saturated rings. The Bertz CT molecular complexity index is 1600. The summed E-state index contributed by atoms with van der Waals surface area (Å²) in [4.78, 5) is 19.2. The third-order valence-corrected chi connectivity index (χ3v) is 7.48. The number of methoxy groups -OCH3 is 1. The van der Waals surface area contributed by atoms with Crippen LogP contribution in [0.25, 0.3) is 32.6 Å². The highest BCUT2D eigenvalue weighted by Crippen LogP contribution is 2.42. The molecule has 36 heavy (non-hydrogen) atoms. The fourth-order valence-electron chi connectivity index (χ4n) is 3.93. The maximum atomic E-state index is 13.2. The molecule has 3 aromatic carbocycles. The molecule has 0 atom stereocenters. The van der Waals surface area contributed by atoms with Gasteiger partial charge in [-0.15, -0.1) is 11.3 Å². The Hall–Kier alpha value is -3.58. The molecule has 0 saturated carbocycles. The molecule has 2 aromatic heterocycles. The van der Waals surface area contributed by atoms with Gasteiger partial charge in [-0.1, -0.05) is 65.2 Å². The van der Waals surface area contributed by atoms with Crippen LogP contribution < -0.4 is 15.8 Å². The summed E-state index contributed by atoms with van der Waals surface area (Å²) in [6.07, 6.45) is 0. The summed E-state index contributed by atoms with van der Waals surface area (Å²) in [6.45, 7) is 2.04. The zero-order chi connectivity index (χ0) is 25.4. The fourth-order valence-corrected chi connectivity index (χ4v) is 5.40. The quantitative estimate of drug-likeness (QED) is 0.239. The number of ether oxygens (including phenoxy) is 1. The lowest BCUT2D eigenvalue weighted by Crippen LogP contribution is -2.12. The molecule has 5 aromatic rings. The Morgan fingerprint density at radius 2 is 1.67 bits per heavy atom. The van der Waals surface area contributed by atoms with E-state index in [9.17, 15) is 4.79 Å². The molecular weight excluding hydrogens is 513 g/mol. The molecule has 180 valence electrons. The van der Waals surface area contributed by atoms with Crippen LogP contribution in [-0.4, -0.2) is 18.0 Å². The van der Waals surface area contributed by atoms with E-state index >= 15 is 0 Å². The van der Waals surface area contributed by atoms with E-state index in [-0.39, 0.29) is 5.91 Å². The molecule has 0 spiro atoms. The van der Waals surface area contributed by atoms with Crippen LogP contribution in [0.5, 0.6) is 5.75 Å². The number of rotatable bonds is 5. The van der Waals surface area contributed by atoms with Crippen LogP contribution in [0.4, 0.5) is 11.4 Å². The first-order valence-electron chi connectivity index (χ1n) is 11.0. The third-order valence-electron chi connectivity index (χ3n) is 5.83. The minimum absolute atomic E-state index is 0.342. The summed E-state index contributed by atoms with van der Waals surface area (Å²) >= 11 is 13.5. The van der Waals surface area contributed by atoms with Gasteiger partial charge in [-0.05, 0) is 54.4 Å². The average molecular weight is 534 g/mol. The van der Waals surface area contributed by atoms with Gasteiger partial charge < -0.3 is 15.8 Å². The van der Waals surface area contributed by atoms with E-state index in [0.29, 0.717) is 31.1 Å². The summed E-state index contributed by atoms with van der Waals surface area (Å²) in [5.41, 5.74) is 12.2. The van der Waals surface area contributed by atoms with Crippen LogP contribution in [-0.2, 0) is 0 Å². The predicted molar refractivity (Wildman–Crippen MR) is 151 cm³/mol. The van der Waals surface area contributed by atoms with Gasteiger partial charge >= 0.3 is 0 Å². The van der Waals surface area contributed by atoms with Gasteiger partial charge in [0.25, 0.3) is 5.91 Å². The van der Waals surface area contributed by atoms with Crippen molar-refractivity contribution >= 4 is 62.0 Å². The molecule has 0 bridgehead atoms. The molecule has 3 N–H and O–H groups in total. The number of aromatic nitrogens is 1. The average Bonchev–Trinajstić information content (AvgIpc) is 3.22. The number of pyridine rings is 1. The Balaban J connectivity index is 1.66. The van der Waals surface area contributed by atoms with Crippen molar-refractivity contribution in [3.63, 3.8) is 0 Å². The van der Waals surface area contributed by atoms with Crippen molar-refractivity contribution in [1.82, 2.24) is 4.98 Å². The molecule has 0 aliphatic rings. The standard InChI is InChI=1S/C28H21Cl2N3O2S/c1-15-3-5-17(6-4-15)23-14-20(16-7-10-19(35-2)11-8-16)24-25(31)26(36-28(24)33-23)27(34)32-22-12-9-18(29)13-21(22)30/h3-14H,31H2,1-2H3,(H,32,34). The molecule has 0 unspecified atom stereocenters. The number of nitrogens with two attached hydrogens (primary N) is 1. The smallest absolute Gasteiger partial charge is 0.267 e. The van der Waals surface area contributed by atoms with Crippen LogP contribution in [0.15, 0.2) is 72.8 Å². The third kappa shape index (κ3) is 4.63. The molecule has 5 nitrogen and oxygen atoms in total. The first kappa shape index (κ1) is 24.1. The Kier molecular flexibility index (Phi) is 6.58. The van der Waals surface area contributed by atoms with Gasteiger partial charge in [0.2, 0.25) is 0 Å². The number of anilines is 2. The molecule has 1 amide bonds. The molecule has 5 rings (SSSR count). The SMILES string of the molecule is COc1ccc(-c2cc(-c3ccc(C)cc3)nc3sc(C(=O)Nc4ccc(Cl)cc4Cl)c(N)c23)cc1. The van der Waals surface area contributed by atoms with Crippen LogP contribution in [0, 0.1) is 6.92 Å². The number of fused-ring (bicyclic) bond motifs is 1. The van der Waals surface area contributed by atoms with Crippen molar-refractivity contribution in [2.45, 2.75) is 6.92 Å². The Labute approximate surface area is 222 Å². The normalized spacial score (nSPS) is 11.0. The number of nitrogens with one attached hydrogen (secondary N) is 1. The van der Waals surface area contributed by atoms with Crippen molar-refractivity contribution in [1.29, 1.82) is 0 Å². The topological polar surface area (TPSA) is 77.2 Å². The van der Waals surface area contributed by atoms with Crippen molar-refractivity contribution in [2.24, 2.45) is 0 Å². The van der Waals surface area contributed by atoms with E-state index in [1.807, 2.05) is 61.5 Å². The van der Waals surface area contributed by atoms with E-state index < -0.39 is 0 Å². The molecule has 2 heterocycles. The Morgan fingerprint density at radius 1 is 0.972 bits per heavy atom. The van der Waals surface area contributed by atoms with Crippen LogP contribution in [0.2, 0.25) is 10.0 Å². The number of hydrogen-bond donors (Lipinski definition) is 2. The minimum atomic E-state index is -0.364. The summed E-state index contributed by atoms with van der Waals surface area (Å²) in [7, 11) is 1.63. The van der Waals surface area contributed by atoms with Crippen molar-refractivity contribution in [3.8, 4) is 28.1 Å². The number of halogens is 2. The maximum Gasteiger partial charge on any atom is 0.267 e. The number of hydrogen-bond acceptors (Lipinski definition) is 5. The number of carbonyl (C=O) groups excluding carboxylic acids is 1. The molecule has 0 aliphatic carbocycles. The lowest BCUT2D eigenvalue weighted by atomic mass is 9.99. The van der Waals surface area contributed by atoms with Crippen molar-refractivity contribution < 1.29 is 9.53 Å². The highest BCUT2D eigenvalue weighted by molar-refractivity contribution is 7.21. The van der Waals surface area contributed by atoms with Gasteiger partial charge in [-0.3, -0.25) is 4.79 Å². The monoisotopic (exact) mass is 533 g/mol. The first-order chi connectivity index (χ1) is 17.3. The lowest BCUT2D eigenvalue weighted by molar-refractivity contribution is 0.103. The van der Waals surface area contributed by atoms with E-state index in [4.69, 9.17) is 38.7 Å². The number of nitrogens with zero attached hydrogens (tertiary/aromatic N) is 1. The van der Waals surface area contributed by atoms with E-state index in [1.54, 1.807) is 25.3 Å². The molecule has 0 radical (unpaired) electrons. The number of benzene rings is 3. The van der Waals surface area contributed by atoms with Crippen LogP contribution in [0.3, 0.4) is 0 Å². The second-order valence-corrected chi connectivity index (χ2v) is 10.1. The minimum Gasteiger partial charge on any atom is -0.497 e. The van der Waals surface area contributed by atoms with Gasteiger partial charge in [0.05, 0.1) is 29.2 Å². The lowest BCUT2D eigenvalue weighted by Gasteiger charge is -2.10. The van der Waals surface area contributed by atoms with Gasteiger partial charge in [0, 0.05) is 16.0 Å². The molecule has 8 heteroatoms. The number of aryl methyl sites for hydroxylation is 1. The summed E-state index contributed by atoms with van der Waals surface area (Å²) in [6, 6.07) is 22.8. The molecular formula is C28H21Cl2N3O2S. The molecule has 0 aliphatic heterocycles. The highest BCUT2D eigenvalue weighted by Gasteiger charge is 2.22.